The predicted octanol–water partition coefficient (Wildman–Crippen LogP) is 5.16. The lowest BCUT2D eigenvalue weighted by atomic mass is 10.1. The summed E-state index contributed by atoms with van der Waals surface area (Å²) in [6.07, 6.45) is 4.29. The lowest BCUT2D eigenvalue weighted by molar-refractivity contribution is -0.111. The van der Waals surface area contributed by atoms with Crippen molar-refractivity contribution in [3.05, 3.63) is 60.2 Å². The molecule has 0 heterocycles. The van der Waals surface area contributed by atoms with Crippen molar-refractivity contribution in [2.45, 2.75) is 27.2 Å². The van der Waals surface area contributed by atoms with E-state index in [1.807, 2.05) is 55.5 Å². The highest BCUT2D eigenvalue weighted by Gasteiger charge is 2.01. The third-order valence-corrected chi connectivity index (χ3v) is 3.68. The van der Waals surface area contributed by atoms with E-state index in [0.29, 0.717) is 24.8 Å². The second-order valence-electron chi connectivity index (χ2n) is 6.38. The zero-order chi connectivity index (χ0) is 18.8. The van der Waals surface area contributed by atoms with Crippen LogP contribution in [-0.2, 0) is 4.79 Å². The zero-order valence-electron chi connectivity index (χ0n) is 15.7. The van der Waals surface area contributed by atoms with Crippen molar-refractivity contribution in [3.63, 3.8) is 0 Å². The van der Waals surface area contributed by atoms with Gasteiger partial charge >= 0.3 is 0 Å². The molecule has 4 heteroatoms. The lowest BCUT2D eigenvalue weighted by Crippen LogP contribution is -2.08. The number of rotatable bonds is 9. The van der Waals surface area contributed by atoms with Crippen molar-refractivity contribution >= 4 is 17.7 Å². The molecule has 0 spiro atoms. The molecule has 2 aromatic carbocycles. The molecule has 2 aromatic rings. The van der Waals surface area contributed by atoms with E-state index >= 15 is 0 Å². The Kier molecular flexibility index (Phi) is 7.75. The number of anilines is 1. The summed E-state index contributed by atoms with van der Waals surface area (Å²) in [4.78, 5) is 12.1. The van der Waals surface area contributed by atoms with Gasteiger partial charge in [0, 0.05) is 17.8 Å². The fourth-order valence-corrected chi connectivity index (χ4v) is 2.27. The third kappa shape index (κ3) is 7.01. The van der Waals surface area contributed by atoms with E-state index in [0.717, 1.165) is 23.5 Å². The van der Waals surface area contributed by atoms with Gasteiger partial charge in [-0.15, -0.1) is 0 Å². The van der Waals surface area contributed by atoms with Crippen LogP contribution < -0.4 is 14.8 Å². The van der Waals surface area contributed by atoms with Crippen LogP contribution in [0.15, 0.2) is 54.6 Å². The average Bonchev–Trinajstić information content (AvgIpc) is 2.61. The summed E-state index contributed by atoms with van der Waals surface area (Å²) in [6, 6.07) is 15.1. The summed E-state index contributed by atoms with van der Waals surface area (Å²) in [5, 5.41) is 2.85. The molecule has 4 nitrogen and oxygen atoms in total. The Hall–Kier alpha value is -2.75. The number of amides is 1. The fourth-order valence-electron chi connectivity index (χ4n) is 2.27. The van der Waals surface area contributed by atoms with Crippen LogP contribution in [0.5, 0.6) is 11.5 Å². The third-order valence-electron chi connectivity index (χ3n) is 3.68. The van der Waals surface area contributed by atoms with Crippen LogP contribution in [0.25, 0.3) is 6.08 Å². The van der Waals surface area contributed by atoms with Gasteiger partial charge in [-0.2, -0.15) is 0 Å². The van der Waals surface area contributed by atoms with E-state index in [9.17, 15) is 4.79 Å². The maximum atomic E-state index is 12.1. The van der Waals surface area contributed by atoms with E-state index < -0.39 is 0 Å². The van der Waals surface area contributed by atoms with Crippen LogP contribution in [0.4, 0.5) is 5.69 Å². The molecule has 0 radical (unpaired) electrons. The molecule has 0 bridgehead atoms. The Morgan fingerprint density at radius 2 is 1.85 bits per heavy atom. The number of nitrogens with one attached hydrogen (secondary N) is 1. The lowest BCUT2D eigenvalue weighted by Gasteiger charge is -2.09. The van der Waals surface area contributed by atoms with E-state index in [-0.39, 0.29) is 5.91 Å². The average molecular weight is 353 g/mol. The minimum absolute atomic E-state index is 0.182. The molecular formula is C22H27NO3. The van der Waals surface area contributed by atoms with Crippen LogP contribution in [0.2, 0.25) is 0 Å². The van der Waals surface area contributed by atoms with Gasteiger partial charge in [0.25, 0.3) is 0 Å². The van der Waals surface area contributed by atoms with Crippen LogP contribution in [-0.4, -0.2) is 19.1 Å². The van der Waals surface area contributed by atoms with E-state index in [2.05, 4.69) is 19.2 Å². The van der Waals surface area contributed by atoms with Gasteiger partial charge in [0.15, 0.2) is 0 Å². The summed E-state index contributed by atoms with van der Waals surface area (Å²) >= 11 is 0. The molecule has 0 saturated heterocycles. The Labute approximate surface area is 155 Å². The molecule has 1 N–H and O–H groups in total. The molecule has 0 atom stereocenters. The molecule has 138 valence electrons. The molecule has 1 amide bonds. The molecule has 0 saturated carbocycles. The summed E-state index contributed by atoms with van der Waals surface area (Å²) in [5.74, 6) is 2.01. The summed E-state index contributed by atoms with van der Waals surface area (Å²) in [5.41, 5.74) is 1.66. The van der Waals surface area contributed by atoms with Crippen molar-refractivity contribution in [1.82, 2.24) is 0 Å². The number of hydrogen-bond acceptors (Lipinski definition) is 3. The topological polar surface area (TPSA) is 47.6 Å². The normalized spacial score (nSPS) is 10.9. The Balaban J connectivity index is 1.88. The van der Waals surface area contributed by atoms with Gasteiger partial charge in [-0.25, -0.2) is 0 Å². The van der Waals surface area contributed by atoms with Gasteiger partial charge in [-0.05, 0) is 55.2 Å². The van der Waals surface area contributed by atoms with Gasteiger partial charge < -0.3 is 14.8 Å². The van der Waals surface area contributed by atoms with Crippen LogP contribution >= 0.6 is 0 Å². The van der Waals surface area contributed by atoms with Gasteiger partial charge in [-0.3, -0.25) is 4.79 Å². The van der Waals surface area contributed by atoms with Crippen LogP contribution in [0.3, 0.4) is 0 Å². The Bertz CT molecular complexity index is 720. The van der Waals surface area contributed by atoms with Crippen molar-refractivity contribution in [3.8, 4) is 11.5 Å². The first kappa shape index (κ1) is 19.6. The van der Waals surface area contributed by atoms with Crippen LogP contribution in [0, 0.1) is 5.92 Å². The Morgan fingerprint density at radius 3 is 2.54 bits per heavy atom. The van der Waals surface area contributed by atoms with Crippen LogP contribution in [0.1, 0.15) is 32.8 Å². The highest BCUT2D eigenvalue weighted by molar-refractivity contribution is 6.02. The summed E-state index contributed by atoms with van der Waals surface area (Å²) < 4.78 is 11.1. The standard InChI is InChI=1S/C22H27NO3/c1-4-25-20-11-8-18(9-12-20)10-13-22(24)23-19-6-5-7-21(16-19)26-15-14-17(2)3/h5-13,16-17H,4,14-15H2,1-3H3,(H,23,24)/b13-10+. The molecule has 0 fully saturated rings. The summed E-state index contributed by atoms with van der Waals surface area (Å²) in [7, 11) is 0. The molecule has 0 aliphatic heterocycles. The SMILES string of the molecule is CCOc1ccc(/C=C/C(=O)Nc2cccc(OCCC(C)C)c2)cc1. The summed E-state index contributed by atoms with van der Waals surface area (Å²) in [6.45, 7) is 7.58. The first-order valence-corrected chi connectivity index (χ1v) is 9.01. The molecule has 0 aliphatic rings. The fraction of sp³-hybridized carbons (Fsp3) is 0.318. The predicted molar refractivity (Wildman–Crippen MR) is 107 cm³/mol. The quantitative estimate of drug-likeness (QED) is 0.633. The van der Waals surface area contributed by atoms with E-state index in [1.165, 1.54) is 6.08 Å². The molecule has 26 heavy (non-hydrogen) atoms. The minimum atomic E-state index is -0.182. The number of carbonyl (C=O) groups is 1. The zero-order valence-corrected chi connectivity index (χ0v) is 15.7. The highest BCUT2D eigenvalue weighted by Crippen LogP contribution is 2.18. The molecule has 0 unspecified atom stereocenters. The molecule has 2 rings (SSSR count). The van der Waals surface area contributed by atoms with Gasteiger partial charge in [0.2, 0.25) is 5.91 Å². The second kappa shape index (κ2) is 10.3. The largest absolute Gasteiger partial charge is 0.494 e. The minimum Gasteiger partial charge on any atom is -0.494 e. The number of hydrogen-bond donors (Lipinski definition) is 1. The maximum Gasteiger partial charge on any atom is 0.248 e. The van der Waals surface area contributed by atoms with Gasteiger partial charge in [0.05, 0.1) is 13.2 Å². The highest BCUT2D eigenvalue weighted by atomic mass is 16.5. The van der Waals surface area contributed by atoms with Crippen molar-refractivity contribution in [2.24, 2.45) is 5.92 Å². The first-order chi connectivity index (χ1) is 12.6. The van der Waals surface area contributed by atoms with E-state index in [1.54, 1.807) is 6.08 Å². The molecule has 0 aromatic heterocycles. The van der Waals surface area contributed by atoms with Gasteiger partial charge in [-0.1, -0.05) is 32.0 Å². The van der Waals surface area contributed by atoms with Gasteiger partial charge in [0.1, 0.15) is 11.5 Å². The van der Waals surface area contributed by atoms with Crippen molar-refractivity contribution in [2.75, 3.05) is 18.5 Å². The maximum absolute atomic E-state index is 12.1. The number of ether oxygens (including phenoxy) is 2. The monoisotopic (exact) mass is 353 g/mol. The smallest absolute Gasteiger partial charge is 0.248 e. The molecule has 0 aliphatic carbocycles. The van der Waals surface area contributed by atoms with E-state index in [4.69, 9.17) is 9.47 Å². The molecular weight excluding hydrogens is 326 g/mol. The number of carbonyl (C=O) groups excluding carboxylic acids is 1. The van der Waals surface area contributed by atoms with Crippen molar-refractivity contribution < 1.29 is 14.3 Å². The van der Waals surface area contributed by atoms with Crippen molar-refractivity contribution in [1.29, 1.82) is 0 Å². The number of benzene rings is 2. The second-order valence-corrected chi connectivity index (χ2v) is 6.38. The Morgan fingerprint density at radius 1 is 1.08 bits per heavy atom. The first-order valence-electron chi connectivity index (χ1n) is 9.01.